The van der Waals surface area contributed by atoms with Crippen molar-refractivity contribution in [1.82, 2.24) is 10.3 Å². The maximum absolute atomic E-state index is 13.1. The Bertz CT molecular complexity index is 984. The molecule has 0 bridgehead atoms. The minimum Gasteiger partial charge on any atom is -0.443 e. The Labute approximate surface area is 175 Å². The Kier molecular flexibility index (Phi) is 5.00. The van der Waals surface area contributed by atoms with Crippen LogP contribution in [-0.4, -0.2) is 29.1 Å². The smallest absolute Gasteiger partial charge is 0.414 e. The van der Waals surface area contributed by atoms with Gasteiger partial charge >= 0.3 is 6.09 Å². The zero-order chi connectivity index (χ0) is 21.6. The van der Waals surface area contributed by atoms with Gasteiger partial charge in [0.05, 0.1) is 23.1 Å². The molecule has 1 aliphatic heterocycles. The minimum atomic E-state index is -0.565. The highest BCUT2D eigenvalue weighted by atomic mass is 19.1. The van der Waals surface area contributed by atoms with E-state index in [1.165, 1.54) is 24.3 Å². The number of carbonyl (C=O) groups is 2. The maximum Gasteiger partial charge on any atom is 0.414 e. The molecule has 1 fully saturated rings. The van der Waals surface area contributed by atoms with Crippen molar-refractivity contribution in [1.29, 1.82) is 0 Å². The van der Waals surface area contributed by atoms with Crippen molar-refractivity contribution in [3.05, 3.63) is 59.2 Å². The molecule has 0 spiro atoms. The molecule has 3 unspecified atom stereocenters. The van der Waals surface area contributed by atoms with E-state index < -0.39 is 5.60 Å². The van der Waals surface area contributed by atoms with Crippen molar-refractivity contribution in [3.8, 4) is 0 Å². The monoisotopic (exact) mass is 411 g/mol. The van der Waals surface area contributed by atoms with Gasteiger partial charge in [0.25, 0.3) is 5.91 Å². The van der Waals surface area contributed by atoms with E-state index in [9.17, 15) is 14.0 Å². The number of nitrogens with one attached hydrogen (secondary N) is 1. The molecular weight excluding hydrogens is 385 g/mol. The Hall–Kier alpha value is -2.96. The summed E-state index contributed by atoms with van der Waals surface area (Å²) in [6.07, 6.45) is 0.639. The van der Waals surface area contributed by atoms with E-state index >= 15 is 0 Å². The number of aromatic nitrogens is 1. The van der Waals surface area contributed by atoms with Gasteiger partial charge in [-0.1, -0.05) is 0 Å². The van der Waals surface area contributed by atoms with Gasteiger partial charge in [-0.25, -0.2) is 9.18 Å². The van der Waals surface area contributed by atoms with Crippen molar-refractivity contribution >= 4 is 17.7 Å². The number of benzene rings is 1. The second kappa shape index (κ2) is 7.38. The van der Waals surface area contributed by atoms with Crippen LogP contribution in [0, 0.1) is 11.7 Å². The second-order valence-electron chi connectivity index (χ2n) is 9.04. The lowest BCUT2D eigenvalue weighted by Crippen LogP contribution is -2.40. The van der Waals surface area contributed by atoms with Crippen molar-refractivity contribution in [2.24, 2.45) is 5.92 Å². The van der Waals surface area contributed by atoms with Crippen LogP contribution in [0.15, 0.2) is 36.4 Å². The number of hydrogen-bond donors (Lipinski definition) is 1. The Morgan fingerprint density at radius 2 is 1.90 bits per heavy atom. The van der Waals surface area contributed by atoms with E-state index in [2.05, 4.69) is 5.32 Å². The number of hydrogen-bond acceptors (Lipinski definition) is 4. The summed E-state index contributed by atoms with van der Waals surface area (Å²) in [5.41, 5.74) is 2.21. The third-order valence-corrected chi connectivity index (χ3v) is 5.42. The number of carbonyl (C=O) groups excluding carboxylic acids is 2. The van der Waals surface area contributed by atoms with Crippen molar-refractivity contribution < 1.29 is 18.7 Å². The molecule has 1 aromatic heterocycles. The van der Waals surface area contributed by atoms with Crippen LogP contribution in [0.5, 0.6) is 0 Å². The Morgan fingerprint density at radius 3 is 2.57 bits per heavy atom. The fourth-order valence-corrected chi connectivity index (χ4v) is 3.79. The molecule has 2 heterocycles. The van der Waals surface area contributed by atoms with E-state index in [4.69, 9.17) is 9.72 Å². The molecule has 30 heavy (non-hydrogen) atoms. The first-order valence-corrected chi connectivity index (χ1v) is 10.2. The number of fused-ring (bicyclic) bond motifs is 3. The predicted octanol–water partition coefficient (Wildman–Crippen LogP) is 4.57. The predicted molar refractivity (Wildman–Crippen MR) is 111 cm³/mol. The molecule has 3 atom stereocenters. The van der Waals surface area contributed by atoms with Crippen LogP contribution in [-0.2, 0) is 4.74 Å². The average Bonchev–Trinajstić information content (AvgIpc) is 3.46. The third kappa shape index (κ3) is 4.15. The minimum absolute atomic E-state index is 0.290. The molecular formula is C23H26FN3O3. The molecule has 1 N–H and O–H groups in total. The average molecular weight is 411 g/mol. The highest BCUT2D eigenvalue weighted by Crippen LogP contribution is 2.54. The molecule has 1 saturated carbocycles. The van der Waals surface area contributed by atoms with Gasteiger partial charge in [-0.05, 0) is 76.4 Å². The summed E-state index contributed by atoms with van der Waals surface area (Å²) in [4.78, 5) is 31.6. The number of halogens is 1. The van der Waals surface area contributed by atoms with E-state index in [1.807, 2.05) is 39.8 Å². The number of amides is 2. The second-order valence-corrected chi connectivity index (χ2v) is 9.04. The van der Waals surface area contributed by atoms with Gasteiger partial charge in [0, 0.05) is 18.0 Å². The summed E-state index contributed by atoms with van der Waals surface area (Å²) in [6, 6.07) is 8.80. The molecule has 1 aromatic carbocycles. The Morgan fingerprint density at radius 1 is 1.20 bits per heavy atom. The standard InChI is InChI=1S/C23H26FN3O3/c1-13(25-21(28)14-5-7-16(24)8-6-14)18-9-10-19-20(26-18)17-11-15(17)12-27(19)22(29)30-23(2,3)4/h5-10,13,15,17H,11-12H2,1-4H3,(H,25,28). The molecule has 2 aliphatic rings. The fourth-order valence-electron chi connectivity index (χ4n) is 3.79. The topological polar surface area (TPSA) is 71.5 Å². The van der Waals surface area contributed by atoms with E-state index in [0.717, 1.165) is 23.5 Å². The van der Waals surface area contributed by atoms with Gasteiger partial charge < -0.3 is 10.1 Å². The molecule has 1 aliphatic carbocycles. The summed E-state index contributed by atoms with van der Waals surface area (Å²) in [5.74, 6) is 0.0710. The number of pyridine rings is 1. The van der Waals surface area contributed by atoms with Gasteiger partial charge in [0.1, 0.15) is 11.4 Å². The molecule has 0 saturated heterocycles. The molecule has 7 heteroatoms. The fraction of sp³-hybridized carbons (Fsp3) is 0.435. The van der Waals surface area contributed by atoms with Crippen LogP contribution in [0.25, 0.3) is 0 Å². The number of anilines is 1. The van der Waals surface area contributed by atoms with E-state index in [1.54, 1.807) is 4.90 Å². The summed E-state index contributed by atoms with van der Waals surface area (Å²) < 4.78 is 18.6. The third-order valence-electron chi connectivity index (χ3n) is 5.42. The summed E-state index contributed by atoms with van der Waals surface area (Å²) in [6.45, 7) is 8.05. The van der Waals surface area contributed by atoms with Crippen LogP contribution in [0.1, 0.15) is 67.8 Å². The van der Waals surface area contributed by atoms with Crippen LogP contribution in [0.4, 0.5) is 14.9 Å². The first kappa shape index (κ1) is 20.3. The lowest BCUT2D eigenvalue weighted by Gasteiger charge is -2.31. The van der Waals surface area contributed by atoms with Crippen molar-refractivity contribution in [3.63, 3.8) is 0 Å². The van der Waals surface area contributed by atoms with E-state index in [-0.39, 0.29) is 23.9 Å². The van der Waals surface area contributed by atoms with Crippen LogP contribution in [0.2, 0.25) is 0 Å². The molecule has 0 radical (unpaired) electrons. The van der Waals surface area contributed by atoms with Crippen LogP contribution < -0.4 is 10.2 Å². The SMILES string of the molecule is CC(NC(=O)c1ccc(F)cc1)c1ccc2c(n1)C1CC1CN2C(=O)OC(C)(C)C. The number of rotatable bonds is 3. The molecule has 6 nitrogen and oxygen atoms in total. The highest BCUT2D eigenvalue weighted by Gasteiger charge is 2.48. The molecule has 158 valence electrons. The largest absolute Gasteiger partial charge is 0.443 e. The van der Waals surface area contributed by atoms with Crippen molar-refractivity contribution in [2.75, 3.05) is 11.4 Å². The molecule has 2 aromatic rings. The lowest BCUT2D eigenvalue weighted by molar-refractivity contribution is 0.0576. The van der Waals surface area contributed by atoms with Crippen molar-refractivity contribution in [2.45, 2.75) is 51.7 Å². The normalized spacial score (nSPS) is 20.6. The lowest BCUT2D eigenvalue weighted by atomic mass is 10.1. The van der Waals surface area contributed by atoms with Crippen LogP contribution >= 0.6 is 0 Å². The van der Waals surface area contributed by atoms with Crippen LogP contribution in [0.3, 0.4) is 0 Å². The number of ether oxygens (including phenoxy) is 1. The molecule has 4 rings (SSSR count). The number of nitrogens with zero attached hydrogens (tertiary/aromatic N) is 2. The summed E-state index contributed by atoms with van der Waals surface area (Å²) in [7, 11) is 0. The summed E-state index contributed by atoms with van der Waals surface area (Å²) >= 11 is 0. The first-order valence-electron chi connectivity index (χ1n) is 10.2. The summed E-state index contributed by atoms with van der Waals surface area (Å²) in [5, 5.41) is 2.90. The van der Waals surface area contributed by atoms with Gasteiger partial charge in [0.2, 0.25) is 0 Å². The van der Waals surface area contributed by atoms with Gasteiger partial charge in [-0.2, -0.15) is 0 Å². The maximum atomic E-state index is 13.1. The Balaban J connectivity index is 1.53. The zero-order valence-electron chi connectivity index (χ0n) is 17.6. The van der Waals surface area contributed by atoms with Gasteiger partial charge in [-0.3, -0.25) is 14.7 Å². The molecule has 2 amide bonds. The first-order chi connectivity index (χ1) is 14.1. The highest BCUT2D eigenvalue weighted by molar-refractivity contribution is 5.94. The van der Waals surface area contributed by atoms with Gasteiger partial charge in [0.15, 0.2) is 0 Å². The quantitative estimate of drug-likeness (QED) is 0.803. The van der Waals surface area contributed by atoms with Gasteiger partial charge in [-0.15, -0.1) is 0 Å². The van der Waals surface area contributed by atoms with E-state index in [0.29, 0.717) is 23.9 Å². The zero-order valence-corrected chi connectivity index (χ0v) is 17.6.